The average Bonchev–Trinajstić information content (AvgIpc) is 2.77. The molecule has 0 bridgehead atoms. The summed E-state index contributed by atoms with van der Waals surface area (Å²) in [6, 6.07) is 8.61. The Morgan fingerprint density at radius 2 is 2.17 bits per heavy atom. The lowest BCUT2D eigenvalue weighted by molar-refractivity contribution is 0.641. The molecule has 1 heterocycles. The highest BCUT2D eigenvalue weighted by Crippen LogP contribution is 2.31. The summed E-state index contributed by atoms with van der Waals surface area (Å²) in [7, 11) is 0. The fourth-order valence-corrected chi connectivity index (χ4v) is 3.36. The number of benzene rings is 1. The van der Waals surface area contributed by atoms with Crippen LogP contribution in [0.15, 0.2) is 33.5 Å². The first kappa shape index (κ1) is 13.5. The van der Waals surface area contributed by atoms with Crippen molar-refractivity contribution in [3.05, 3.63) is 35.7 Å². The van der Waals surface area contributed by atoms with Crippen molar-refractivity contribution in [2.45, 2.75) is 42.0 Å². The molecular formula is C13H17N3S2. The van der Waals surface area contributed by atoms with Crippen LogP contribution in [0, 0.1) is 6.92 Å². The van der Waals surface area contributed by atoms with Gasteiger partial charge in [-0.05, 0) is 42.9 Å². The van der Waals surface area contributed by atoms with E-state index in [4.69, 9.17) is 5.73 Å². The van der Waals surface area contributed by atoms with Gasteiger partial charge in [0.15, 0.2) is 4.34 Å². The van der Waals surface area contributed by atoms with E-state index in [1.54, 1.807) is 11.8 Å². The topological polar surface area (TPSA) is 51.8 Å². The van der Waals surface area contributed by atoms with Gasteiger partial charge in [-0.15, -0.1) is 0 Å². The Balaban J connectivity index is 2.16. The van der Waals surface area contributed by atoms with E-state index in [0.29, 0.717) is 0 Å². The molecule has 0 spiro atoms. The van der Waals surface area contributed by atoms with Crippen molar-refractivity contribution in [3.63, 3.8) is 0 Å². The third-order valence-corrected chi connectivity index (χ3v) is 4.65. The van der Waals surface area contributed by atoms with Crippen LogP contribution >= 0.6 is 23.3 Å². The highest BCUT2D eigenvalue weighted by Gasteiger charge is 2.09. The zero-order valence-electron chi connectivity index (χ0n) is 10.6. The first-order chi connectivity index (χ1) is 8.69. The number of aryl methyl sites for hydroxylation is 1. The number of aromatic nitrogens is 2. The van der Waals surface area contributed by atoms with E-state index in [2.05, 4.69) is 40.5 Å². The summed E-state index contributed by atoms with van der Waals surface area (Å²) in [4.78, 5) is 5.62. The Bertz CT molecular complexity index is 510. The second-order valence-electron chi connectivity index (χ2n) is 4.19. The van der Waals surface area contributed by atoms with Crippen molar-refractivity contribution in [2.75, 3.05) is 0 Å². The molecule has 2 N–H and O–H groups in total. The number of hydrogen-bond donors (Lipinski definition) is 1. The van der Waals surface area contributed by atoms with E-state index < -0.39 is 0 Å². The Morgan fingerprint density at radius 1 is 1.39 bits per heavy atom. The summed E-state index contributed by atoms with van der Waals surface area (Å²) >= 11 is 3.13. The second kappa shape index (κ2) is 6.31. The van der Waals surface area contributed by atoms with Crippen LogP contribution < -0.4 is 5.73 Å². The van der Waals surface area contributed by atoms with Gasteiger partial charge in [-0.2, -0.15) is 4.37 Å². The lowest BCUT2D eigenvalue weighted by Crippen LogP contribution is -2.21. The Labute approximate surface area is 116 Å². The van der Waals surface area contributed by atoms with Gasteiger partial charge in [0, 0.05) is 10.9 Å². The number of nitrogens with two attached hydrogens (primary N) is 1. The normalized spacial score (nSPS) is 12.6. The van der Waals surface area contributed by atoms with Crippen LogP contribution in [0.1, 0.15) is 24.7 Å². The molecule has 1 atom stereocenters. The van der Waals surface area contributed by atoms with Gasteiger partial charge < -0.3 is 5.73 Å². The Morgan fingerprint density at radius 3 is 2.83 bits per heavy atom. The highest BCUT2D eigenvalue weighted by atomic mass is 32.2. The van der Waals surface area contributed by atoms with Gasteiger partial charge >= 0.3 is 0 Å². The van der Waals surface area contributed by atoms with Gasteiger partial charge in [0.1, 0.15) is 5.82 Å². The van der Waals surface area contributed by atoms with Gasteiger partial charge in [-0.25, -0.2) is 4.98 Å². The van der Waals surface area contributed by atoms with Crippen LogP contribution in [0.2, 0.25) is 0 Å². The summed E-state index contributed by atoms with van der Waals surface area (Å²) in [5.41, 5.74) is 7.33. The van der Waals surface area contributed by atoms with Crippen LogP contribution in [0.25, 0.3) is 0 Å². The van der Waals surface area contributed by atoms with Gasteiger partial charge in [0.05, 0.1) is 0 Å². The van der Waals surface area contributed by atoms with E-state index in [1.165, 1.54) is 22.0 Å². The van der Waals surface area contributed by atoms with E-state index in [-0.39, 0.29) is 6.04 Å². The number of rotatable bonds is 5. The van der Waals surface area contributed by atoms with Gasteiger partial charge in [0.25, 0.3) is 0 Å². The van der Waals surface area contributed by atoms with Crippen molar-refractivity contribution in [1.29, 1.82) is 0 Å². The maximum atomic E-state index is 6.04. The summed E-state index contributed by atoms with van der Waals surface area (Å²) in [5, 5.41) is 0. The predicted octanol–water partition coefficient (Wildman–Crippen LogP) is 3.28. The highest BCUT2D eigenvalue weighted by molar-refractivity contribution is 8.01. The molecule has 0 aliphatic carbocycles. The molecule has 0 fully saturated rings. The standard InChI is InChI=1S/C13H17N3S2/c1-3-11(14)8-10-6-4-5-7-12(10)17-13-15-9(2)16-18-13/h4-7,11H,3,8,14H2,1-2H3. The minimum Gasteiger partial charge on any atom is -0.327 e. The van der Waals surface area contributed by atoms with Crippen LogP contribution in [0.4, 0.5) is 0 Å². The molecule has 2 rings (SSSR count). The van der Waals surface area contributed by atoms with E-state index >= 15 is 0 Å². The van der Waals surface area contributed by atoms with Gasteiger partial charge in [-0.1, -0.05) is 36.9 Å². The fraction of sp³-hybridized carbons (Fsp3) is 0.385. The molecule has 0 saturated carbocycles. The zero-order valence-corrected chi connectivity index (χ0v) is 12.2. The first-order valence-corrected chi connectivity index (χ1v) is 7.59. The molecule has 3 nitrogen and oxygen atoms in total. The third-order valence-electron chi connectivity index (χ3n) is 2.69. The predicted molar refractivity (Wildman–Crippen MR) is 77.2 cm³/mol. The lowest BCUT2D eigenvalue weighted by Gasteiger charge is -2.11. The zero-order chi connectivity index (χ0) is 13.0. The van der Waals surface area contributed by atoms with Crippen molar-refractivity contribution < 1.29 is 0 Å². The van der Waals surface area contributed by atoms with E-state index in [0.717, 1.165) is 23.0 Å². The maximum absolute atomic E-state index is 6.04. The third kappa shape index (κ3) is 3.54. The van der Waals surface area contributed by atoms with Crippen LogP contribution in [-0.2, 0) is 6.42 Å². The van der Waals surface area contributed by atoms with Crippen LogP contribution in [-0.4, -0.2) is 15.4 Å². The summed E-state index contributed by atoms with van der Waals surface area (Å²) in [6.07, 6.45) is 1.91. The minimum atomic E-state index is 0.225. The van der Waals surface area contributed by atoms with Gasteiger partial charge in [0.2, 0.25) is 0 Å². The van der Waals surface area contributed by atoms with Crippen molar-refractivity contribution >= 4 is 23.3 Å². The van der Waals surface area contributed by atoms with Crippen molar-refractivity contribution in [2.24, 2.45) is 5.73 Å². The molecule has 0 radical (unpaired) electrons. The number of nitrogens with zero attached hydrogens (tertiary/aromatic N) is 2. The smallest absolute Gasteiger partial charge is 0.174 e. The molecule has 0 aliphatic rings. The fourth-order valence-electron chi connectivity index (χ4n) is 1.61. The van der Waals surface area contributed by atoms with E-state index in [1.807, 2.05) is 6.92 Å². The first-order valence-electron chi connectivity index (χ1n) is 6.00. The second-order valence-corrected chi connectivity index (χ2v) is 6.23. The lowest BCUT2D eigenvalue weighted by atomic mass is 10.1. The SMILES string of the molecule is CCC(N)Cc1ccccc1Sc1nc(C)ns1. The largest absolute Gasteiger partial charge is 0.327 e. The van der Waals surface area contributed by atoms with E-state index in [9.17, 15) is 0 Å². The summed E-state index contributed by atoms with van der Waals surface area (Å²) < 4.78 is 5.20. The maximum Gasteiger partial charge on any atom is 0.174 e. The molecule has 1 aromatic heterocycles. The molecule has 0 amide bonds. The van der Waals surface area contributed by atoms with Crippen molar-refractivity contribution in [1.82, 2.24) is 9.36 Å². The molecule has 96 valence electrons. The molecule has 1 unspecified atom stereocenters. The minimum absolute atomic E-state index is 0.225. The number of hydrogen-bond acceptors (Lipinski definition) is 5. The molecule has 0 aliphatic heterocycles. The molecule has 0 saturated heterocycles. The molecular weight excluding hydrogens is 262 g/mol. The molecule has 5 heteroatoms. The van der Waals surface area contributed by atoms with Crippen LogP contribution in [0.3, 0.4) is 0 Å². The molecule has 2 aromatic rings. The average molecular weight is 279 g/mol. The van der Waals surface area contributed by atoms with Crippen LogP contribution in [0.5, 0.6) is 0 Å². The Kier molecular flexibility index (Phi) is 4.74. The molecule has 1 aromatic carbocycles. The quantitative estimate of drug-likeness (QED) is 0.912. The summed E-state index contributed by atoms with van der Waals surface area (Å²) in [6.45, 7) is 4.04. The van der Waals surface area contributed by atoms with Crippen molar-refractivity contribution in [3.8, 4) is 0 Å². The Hall–Kier alpha value is -0.910. The van der Waals surface area contributed by atoms with Gasteiger partial charge in [-0.3, -0.25) is 0 Å². The molecule has 18 heavy (non-hydrogen) atoms. The monoisotopic (exact) mass is 279 g/mol. The summed E-state index contributed by atoms with van der Waals surface area (Å²) in [5.74, 6) is 0.838.